The van der Waals surface area contributed by atoms with Crippen molar-refractivity contribution in [2.45, 2.75) is 25.5 Å². The van der Waals surface area contributed by atoms with E-state index in [9.17, 15) is 8.42 Å². The Morgan fingerprint density at radius 3 is 2.70 bits per heavy atom. The van der Waals surface area contributed by atoms with Crippen LogP contribution in [0.4, 0.5) is 0 Å². The lowest BCUT2D eigenvalue weighted by Gasteiger charge is -2.20. The largest absolute Gasteiger partial charge is 0.497 e. The summed E-state index contributed by atoms with van der Waals surface area (Å²) in [7, 11) is 0.529. The molecular weight excluding hydrogens is 278 g/mol. The van der Waals surface area contributed by atoms with E-state index in [1.807, 2.05) is 32.2 Å². The van der Waals surface area contributed by atoms with Gasteiger partial charge >= 0.3 is 0 Å². The van der Waals surface area contributed by atoms with Gasteiger partial charge in [-0.05, 0) is 26.5 Å². The third-order valence-corrected chi connectivity index (χ3v) is 5.34. The average Bonchev–Trinajstić information content (AvgIpc) is 2.77. The summed E-state index contributed by atoms with van der Waals surface area (Å²) in [5.74, 6) is 1.69. The van der Waals surface area contributed by atoms with Crippen molar-refractivity contribution in [3.63, 3.8) is 0 Å². The fourth-order valence-corrected chi connectivity index (χ4v) is 3.88. The number of benzene rings is 1. The van der Waals surface area contributed by atoms with Crippen LogP contribution in [0, 0.1) is 0 Å². The Morgan fingerprint density at radius 2 is 2.15 bits per heavy atom. The predicted octanol–water partition coefficient (Wildman–Crippen LogP) is 1.54. The Labute approximate surface area is 120 Å². The fraction of sp³-hybridized carbons (Fsp3) is 0.571. The lowest BCUT2D eigenvalue weighted by molar-refractivity contribution is 0.224. The first-order valence-electron chi connectivity index (χ1n) is 6.67. The lowest BCUT2D eigenvalue weighted by Crippen LogP contribution is -2.20. The fourth-order valence-electron chi connectivity index (χ4n) is 2.29. The van der Waals surface area contributed by atoms with Gasteiger partial charge in [-0.3, -0.25) is 0 Å². The van der Waals surface area contributed by atoms with Gasteiger partial charge in [-0.15, -0.1) is 0 Å². The maximum atomic E-state index is 11.5. The van der Waals surface area contributed by atoms with Gasteiger partial charge in [-0.25, -0.2) is 8.42 Å². The molecule has 112 valence electrons. The van der Waals surface area contributed by atoms with E-state index in [1.54, 1.807) is 7.11 Å². The van der Waals surface area contributed by atoms with Gasteiger partial charge in [0.2, 0.25) is 0 Å². The molecule has 2 unspecified atom stereocenters. The molecule has 6 heteroatoms. The molecular formula is C14H21NO4S. The molecule has 20 heavy (non-hydrogen) atoms. The molecule has 1 aromatic rings. The van der Waals surface area contributed by atoms with E-state index in [0.29, 0.717) is 17.9 Å². The van der Waals surface area contributed by atoms with Gasteiger partial charge in [0.15, 0.2) is 9.84 Å². The highest BCUT2D eigenvalue weighted by Crippen LogP contribution is 2.31. The second kappa shape index (κ2) is 6.01. The third-order valence-electron chi connectivity index (χ3n) is 3.60. The Balaban J connectivity index is 2.24. The molecule has 1 heterocycles. The first-order valence-corrected chi connectivity index (χ1v) is 8.49. The van der Waals surface area contributed by atoms with Crippen LogP contribution < -0.4 is 14.8 Å². The van der Waals surface area contributed by atoms with Gasteiger partial charge in [0.25, 0.3) is 0 Å². The second-order valence-corrected chi connectivity index (χ2v) is 7.29. The molecule has 1 aliphatic rings. The molecule has 5 nitrogen and oxygen atoms in total. The van der Waals surface area contributed by atoms with Crippen molar-refractivity contribution in [1.29, 1.82) is 0 Å². The van der Waals surface area contributed by atoms with Crippen molar-refractivity contribution >= 4 is 9.84 Å². The van der Waals surface area contributed by atoms with Gasteiger partial charge in [0.1, 0.15) is 17.6 Å². The van der Waals surface area contributed by atoms with Gasteiger partial charge in [0, 0.05) is 17.7 Å². The zero-order chi connectivity index (χ0) is 14.8. The summed E-state index contributed by atoms with van der Waals surface area (Å²) < 4.78 is 34.1. The van der Waals surface area contributed by atoms with E-state index in [1.165, 1.54) is 0 Å². The number of rotatable bonds is 5. The van der Waals surface area contributed by atoms with Crippen LogP contribution >= 0.6 is 0 Å². The van der Waals surface area contributed by atoms with Crippen LogP contribution in [0.2, 0.25) is 0 Å². The van der Waals surface area contributed by atoms with Crippen molar-refractivity contribution in [3.8, 4) is 11.5 Å². The van der Waals surface area contributed by atoms with Crippen molar-refractivity contribution in [1.82, 2.24) is 5.32 Å². The third kappa shape index (κ3) is 3.43. The van der Waals surface area contributed by atoms with Crippen molar-refractivity contribution in [3.05, 3.63) is 23.8 Å². The van der Waals surface area contributed by atoms with Crippen molar-refractivity contribution < 1.29 is 17.9 Å². The second-order valence-electron chi connectivity index (χ2n) is 5.06. The van der Waals surface area contributed by atoms with Crippen LogP contribution in [0.15, 0.2) is 18.2 Å². The summed E-state index contributed by atoms with van der Waals surface area (Å²) in [5, 5.41) is 3.16. The van der Waals surface area contributed by atoms with Gasteiger partial charge in [0.05, 0.1) is 18.6 Å². The lowest BCUT2D eigenvalue weighted by atomic mass is 10.1. The zero-order valence-corrected chi connectivity index (χ0v) is 12.9. The zero-order valence-electron chi connectivity index (χ0n) is 12.0. The number of methoxy groups -OCH3 is 1. The normalized spacial score (nSPS) is 22.4. The van der Waals surface area contributed by atoms with E-state index in [2.05, 4.69) is 5.32 Å². The molecule has 1 aromatic carbocycles. The highest BCUT2D eigenvalue weighted by molar-refractivity contribution is 7.91. The quantitative estimate of drug-likeness (QED) is 0.893. The van der Waals surface area contributed by atoms with Crippen molar-refractivity contribution in [2.24, 2.45) is 0 Å². The van der Waals surface area contributed by atoms with E-state index in [0.717, 1.165) is 5.56 Å². The summed E-state index contributed by atoms with van der Waals surface area (Å²) in [6.07, 6.45) is 0.280. The minimum absolute atomic E-state index is 0.0948. The van der Waals surface area contributed by atoms with Crippen LogP contribution in [0.1, 0.15) is 24.9 Å². The molecule has 0 amide bonds. The summed E-state index contributed by atoms with van der Waals surface area (Å²) in [6, 6.07) is 5.75. The summed E-state index contributed by atoms with van der Waals surface area (Å²) in [5.41, 5.74) is 0.998. The number of hydrogen-bond acceptors (Lipinski definition) is 5. The molecule has 0 saturated carbocycles. The van der Waals surface area contributed by atoms with E-state index in [4.69, 9.17) is 9.47 Å². The molecule has 2 rings (SSSR count). The maximum Gasteiger partial charge on any atom is 0.154 e. The van der Waals surface area contributed by atoms with Crippen LogP contribution in [0.3, 0.4) is 0 Å². The van der Waals surface area contributed by atoms with Crippen LogP contribution in [0.5, 0.6) is 11.5 Å². The van der Waals surface area contributed by atoms with Crippen LogP contribution in [0.25, 0.3) is 0 Å². The molecule has 1 aliphatic heterocycles. The Hall–Kier alpha value is -1.27. The van der Waals surface area contributed by atoms with E-state index < -0.39 is 9.84 Å². The average molecular weight is 299 g/mol. The molecule has 0 spiro atoms. The Morgan fingerprint density at radius 1 is 1.40 bits per heavy atom. The number of ether oxygens (including phenoxy) is 2. The maximum absolute atomic E-state index is 11.5. The van der Waals surface area contributed by atoms with Gasteiger partial charge in [-0.1, -0.05) is 6.07 Å². The monoisotopic (exact) mass is 299 g/mol. The first kappa shape index (κ1) is 15.1. The minimum Gasteiger partial charge on any atom is -0.497 e. The first-order chi connectivity index (χ1) is 9.45. The summed E-state index contributed by atoms with van der Waals surface area (Å²) in [6.45, 7) is 2.03. The highest BCUT2D eigenvalue weighted by Gasteiger charge is 2.30. The summed E-state index contributed by atoms with van der Waals surface area (Å²) in [4.78, 5) is 0. The van der Waals surface area contributed by atoms with E-state index >= 15 is 0 Å². The number of hydrogen-bond donors (Lipinski definition) is 1. The topological polar surface area (TPSA) is 64.6 Å². The van der Waals surface area contributed by atoms with Gasteiger partial charge in [-0.2, -0.15) is 0 Å². The number of sulfone groups is 1. The van der Waals surface area contributed by atoms with E-state index in [-0.39, 0.29) is 23.7 Å². The molecule has 0 bridgehead atoms. The number of nitrogens with one attached hydrogen (secondary N) is 1. The van der Waals surface area contributed by atoms with Crippen LogP contribution in [-0.4, -0.2) is 40.2 Å². The van der Waals surface area contributed by atoms with Crippen molar-refractivity contribution in [2.75, 3.05) is 25.7 Å². The Kier molecular flexibility index (Phi) is 4.55. The highest BCUT2D eigenvalue weighted by atomic mass is 32.2. The molecule has 1 N–H and O–H groups in total. The minimum atomic E-state index is -2.94. The predicted molar refractivity (Wildman–Crippen MR) is 78.2 cm³/mol. The molecule has 0 aromatic heterocycles. The Bertz CT molecular complexity index is 571. The smallest absolute Gasteiger partial charge is 0.154 e. The molecule has 2 atom stereocenters. The SMILES string of the molecule is CNC(C)c1ccc(OC)cc1OC1CCS(=O)(=O)C1. The molecule has 1 saturated heterocycles. The standard InChI is InChI=1S/C14H21NO4S/c1-10(15-2)13-5-4-11(18-3)8-14(13)19-12-6-7-20(16,17)9-12/h4-5,8,10,12,15H,6-7,9H2,1-3H3. The van der Waals surface area contributed by atoms with Gasteiger partial charge < -0.3 is 14.8 Å². The summed E-state index contributed by atoms with van der Waals surface area (Å²) >= 11 is 0. The molecule has 0 radical (unpaired) electrons. The molecule has 0 aliphatic carbocycles. The molecule has 1 fully saturated rings. The van der Waals surface area contributed by atoms with Crippen LogP contribution in [-0.2, 0) is 9.84 Å².